The number of nitrogens with one attached hydrogen (secondary N) is 2. The van der Waals surface area contributed by atoms with Gasteiger partial charge in [0.25, 0.3) is 5.56 Å². The van der Waals surface area contributed by atoms with E-state index in [-0.39, 0.29) is 46.0 Å². The summed E-state index contributed by atoms with van der Waals surface area (Å²) in [5, 5.41) is 2.69. The van der Waals surface area contributed by atoms with E-state index < -0.39 is 17.7 Å². The molecule has 0 aliphatic carbocycles. The average molecular weight is 463 g/mol. The molecule has 1 amide bonds. The number of carbonyl (C=O) groups is 1. The molecular formula is C22H21ClF2N4O3. The lowest BCUT2D eigenvalue weighted by atomic mass is 10.1. The van der Waals surface area contributed by atoms with Gasteiger partial charge in [-0.1, -0.05) is 24.6 Å². The fourth-order valence-electron chi connectivity index (χ4n) is 2.95. The molecule has 2 heterocycles. The lowest BCUT2D eigenvalue weighted by molar-refractivity contribution is -0.121. The molecule has 3 rings (SSSR count). The molecule has 0 aliphatic heterocycles. The molecule has 0 radical (unpaired) electrons. The van der Waals surface area contributed by atoms with E-state index in [1.54, 1.807) is 6.07 Å². The van der Waals surface area contributed by atoms with Crippen molar-refractivity contribution in [2.24, 2.45) is 0 Å². The summed E-state index contributed by atoms with van der Waals surface area (Å²) in [5.41, 5.74) is 0.237. The highest BCUT2D eigenvalue weighted by Crippen LogP contribution is 2.31. The summed E-state index contributed by atoms with van der Waals surface area (Å²) in [4.78, 5) is 34.8. The highest BCUT2D eigenvalue weighted by Gasteiger charge is 2.18. The number of nitrogens with zero attached hydrogens (tertiary/aromatic N) is 2. The van der Waals surface area contributed by atoms with Gasteiger partial charge in [0, 0.05) is 49.3 Å². The SMILES string of the molecule is CCCC(=O)NCc1ccc(Cl)c(-c2nc(-c3ccc(OC(C)F)nc3)cc(=O)[nH]2)c1F. The first kappa shape index (κ1) is 23.3. The fraction of sp³-hybridized carbons (Fsp3) is 0.273. The van der Waals surface area contributed by atoms with Gasteiger partial charge in [-0.15, -0.1) is 0 Å². The highest BCUT2D eigenvalue weighted by atomic mass is 35.5. The number of amides is 1. The summed E-state index contributed by atoms with van der Waals surface area (Å²) in [5.74, 6) is -0.900. The van der Waals surface area contributed by atoms with Gasteiger partial charge in [-0.05, 0) is 18.6 Å². The molecule has 0 spiro atoms. The molecular weight excluding hydrogens is 442 g/mol. The Balaban J connectivity index is 1.96. The van der Waals surface area contributed by atoms with Gasteiger partial charge < -0.3 is 15.0 Å². The molecule has 1 aromatic carbocycles. The van der Waals surface area contributed by atoms with Crippen LogP contribution in [0.4, 0.5) is 8.78 Å². The number of benzene rings is 1. The molecule has 7 nitrogen and oxygen atoms in total. The Kier molecular flexibility index (Phi) is 7.53. The van der Waals surface area contributed by atoms with Crippen LogP contribution in [0, 0.1) is 5.82 Å². The first-order valence-corrected chi connectivity index (χ1v) is 10.3. The summed E-state index contributed by atoms with van der Waals surface area (Å²) in [7, 11) is 0. The summed E-state index contributed by atoms with van der Waals surface area (Å²) < 4.78 is 33.1. The lowest BCUT2D eigenvalue weighted by Gasteiger charge is -2.12. The van der Waals surface area contributed by atoms with Crippen LogP contribution in [0.25, 0.3) is 22.6 Å². The third kappa shape index (κ3) is 5.67. The Morgan fingerprint density at radius 1 is 1.31 bits per heavy atom. The van der Waals surface area contributed by atoms with Crippen molar-refractivity contribution in [3.8, 4) is 28.5 Å². The van der Waals surface area contributed by atoms with Crippen molar-refractivity contribution in [1.82, 2.24) is 20.3 Å². The van der Waals surface area contributed by atoms with Crippen molar-refractivity contribution in [3.63, 3.8) is 0 Å². The minimum absolute atomic E-state index is 0.0306. The van der Waals surface area contributed by atoms with Crippen LogP contribution < -0.4 is 15.6 Å². The van der Waals surface area contributed by atoms with Gasteiger partial charge >= 0.3 is 0 Å². The van der Waals surface area contributed by atoms with Gasteiger partial charge in [-0.2, -0.15) is 0 Å². The van der Waals surface area contributed by atoms with E-state index in [9.17, 15) is 14.0 Å². The molecule has 0 saturated heterocycles. The Labute approximate surface area is 187 Å². The van der Waals surface area contributed by atoms with Gasteiger partial charge in [0.1, 0.15) is 11.6 Å². The quantitative estimate of drug-likeness (QED) is 0.517. The summed E-state index contributed by atoms with van der Waals surface area (Å²) >= 11 is 6.21. The minimum Gasteiger partial charge on any atom is -0.444 e. The average Bonchev–Trinajstić information content (AvgIpc) is 2.73. The zero-order valence-corrected chi connectivity index (χ0v) is 18.2. The molecule has 2 N–H and O–H groups in total. The maximum absolute atomic E-state index is 15.2. The second-order valence-electron chi connectivity index (χ2n) is 6.95. The zero-order valence-electron chi connectivity index (χ0n) is 17.4. The van der Waals surface area contributed by atoms with E-state index in [1.807, 2.05) is 6.92 Å². The lowest BCUT2D eigenvalue weighted by Crippen LogP contribution is -2.23. The van der Waals surface area contributed by atoms with Crippen LogP contribution in [0.3, 0.4) is 0 Å². The van der Waals surface area contributed by atoms with E-state index in [4.69, 9.17) is 16.3 Å². The van der Waals surface area contributed by atoms with Gasteiger partial charge in [-0.25, -0.2) is 18.7 Å². The number of aromatic amines is 1. The van der Waals surface area contributed by atoms with Crippen LogP contribution in [-0.2, 0) is 11.3 Å². The Morgan fingerprint density at radius 2 is 2.09 bits per heavy atom. The molecule has 2 aromatic heterocycles. The Bertz CT molecular complexity index is 1170. The third-order valence-electron chi connectivity index (χ3n) is 4.42. The maximum Gasteiger partial charge on any atom is 0.251 e. The Hall–Kier alpha value is -3.33. The van der Waals surface area contributed by atoms with Crippen molar-refractivity contribution in [3.05, 3.63) is 63.3 Å². The normalized spacial score (nSPS) is 11.8. The number of rotatable bonds is 8. The summed E-state index contributed by atoms with van der Waals surface area (Å²) in [6, 6.07) is 7.14. The predicted molar refractivity (Wildman–Crippen MR) is 116 cm³/mol. The van der Waals surface area contributed by atoms with E-state index in [0.717, 1.165) is 0 Å². The fourth-order valence-corrected chi connectivity index (χ4v) is 3.19. The standard InChI is InChI=1S/C22H21ClF2N4O3/c1-3-4-17(30)26-11-14-5-7-15(23)20(21(14)25)22-28-16(9-18(31)29-22)13-6-8-19(27-10-13)32-12(2)24/h5-10,12H,3-4,11H2,1-2H3,(H,26,30)(H,28,29,31). The van der Waals surface area contributed by atoms with Crippen LogP contribution in [0.15, 0.2) is 41.3 Å². The smallest absolute Gasteiger partial charge is 0.251 e. The largest absolute Gasteiger partial charge is 0.444 e. The van der Waals surface area contributed by atoms with Crippen LogP contribution in [-0.4, -0.2) is 27.2 Å². The van der Waals surface area contributed by atoms with Crippen molar-refractivity contribution >= 4 is 17.5 Å². The monoisotopic (exact) mass is 462 g/mol. The van der Waals surface area contributed by atoms with Gasteiger partial charge in [-0.3, -0.25) is 9.59 Å². The van der Waals surface area contributed by atoms with Crippen molar-refractivity contribution in [2.75, 3.05) is 0 Å². The first-order chi connectivity index (χ1) is 15.3. The van der Waals surface area contributed by atoms with Crippen LogP contribution >= 0.6 is 11.6 Å². The van der Waals surface area contributed by atoms with Gasteiger partial charge in [0.05, 0.1) is 16.3 Å². The van der Waals surface area contributed by atoms with E-state index >= 15 is 4.39 Å². The number of carbonyl (C=O) groups excluding carboxylic acids is 1. The van der Waals surface area contributed by atoms with Gasteiger partial charge in [0.2, 0.25) is 18.1 Å². The van der Waals surface area contributed by atoms with Crippen LogP contribution in [0.2, 0.25) is 5.02 Å². The molecule has 1 unspecified atom stereocenters. The molecule has 0 bridgehead atoms. The number of alkyl halides is 1. The second kappa shape index (κ2) is 10.3. The molecule has 0 aliphatic rings. The summed E-state index contributed by atoms with van der Waals surface area (Å²) in [6.07, 6.45) is 0.844. The maximum atomic E-state index is 15.2. The molecule has 10 heteroatoms. The number of hydrogen-bond donors (Lipinski definition) is 2. The number of H-pyrrole nitrogens is 1. The Morgan fingerprint density at radius 3 is 2.75 bits per heavy atom. The number of ether oxygens (including phenoxy) is 1. The van der Waals surface area contributed by atoms with Crippen molar-refractivity contribution < 1.29 is 18.3 Å². The molecule has 0 fully saturated rings. The predicted octanol–water partition coefficient (Wildman–Crippen LogP) is 4.40. The number of aromatic nitrogens is 3. The second-order valence-corrected chi connectivity index (χ2v) is 7.35. The molecule has 0 saturated carbocycles. The molecule has 3 aromatic rings. The topological polar surface area (TPSA) is 97.0 Å². The first-order valence-electron chi connectivity index (χ1n) is 9.91. The summed E-state index contributed by atoms with van der Waals surface area (Å²) in [6.45, 7) is 3.06. The van der Waals surface area contributed by atoms with Crippen molar-refractivity contribution in [2.45, 2.75) is 39.6 Å². The van der Waals surface area contributed by atoms with E-state index in [2.05, 4.69) is 20.3 Å². The van der Waals surface area contributed by atoms with E-state index in [1.165, 1.54) is 37.4 Å². The minimum atomic E-state index is -1.53. The number of hydrogen-bond acceptors (Lipinski definition) is 5. The zero-order chi connectivity index (χ0) is 23.3. The van der Waals surface area contributed by atoms with Crippen molar-refractivity contribution in [1.29, 1.82) is 0 Å². The van der Waals surface area contributed by atoms with Crippen LogP contribution in [0.1, 0.15) is 32.3 Å². The number of pyridine rings is 1. The highest BCUT2D eigenvalue weighted by molar-refractivity contribution is 6.33. The van der Waals surface area contributed by atoms with Gasteiger partial charge in [0.15, 0.2) is 0 Å². The molecule has 168 valence electrons. The molecule has 1 atom stereocenters. The van der Waals surface area contributed by atoms with E-state index in [0.29, 0.717) is 18.4 Å². The van der Waals surface area contributed by atoms with Crippen LogP contribution in [0.5, 0.6) is 5.88 Å². The molecule has 32 heavy (non-hydrogen) atoms. The number of halogens is 3. The third-order valence-corrected chi connectivity index (χ3v) is 4.73.